The molecule has 4 aromatic heterocycles. The summed E-state index contributed by atoms with van der Waals surface area (Å²) in [7, 11) is -16.0. The lowest BCUT2D eigenvalue weighted by Crippen LogP contribution is -2.37. The van der Waals surface area contributed by atoms with Gasteiger partial charge in [-0.15, -0.1) is 0 Å². The van der Waals surface area contributed by atoms with Crippen molar-refractivity contribution < 1.29 is 96.0 Å². The lowest BCUT2D eigenvalue weighted by molar-refractivity contribution is -0.0506. The number of rotatable bonds is 15. The van der Waals surface area contributed by atoms with E-state index in [9.17, 15) is 58.9 Å². The highest BCUT2D eigenvalue weighted by atomic mass is 31.3. The number of ether oxygens (including phenoxy) is 3. The predicted octanol–water partition coefficient (Wildman–Crippen LogP) is -5.00. The quantitative estimate of drug-likeness (QED) is 0.0497. The topological polar surface area (TPSA) is 463 Å². The van der Waals surface area contributed by atoms with Crippen LogP contribution in [0.4, 0.5) is 11.8 Å². The molecule has 4 aromatic rings. The van der Waals surface area contributed by atoms with Crippen molar-refractivity contribution in [3.05, 3.63) is 29.3 Å². The van der Waals surface area contributed by atoms with E-state index in [-0.39, 0.29) is 28.1 Å². The maximum Gasteiger partial charge on any atom is 0.481 e. The predicted molar refractivity (Wildman–Crippen MR) is 185 cm³/mol. The maximum absolute atomic E-state index is 12.8. The van der Waals surface area contributed by atoms with Gasteiger partial charge < -0.3 is 75.5 Å². The first-order valence-electron chi connectivity index (χ1n) is 16.7. The molecule has 14 atom stereocenters. The number of hydrogen-bond donors (Lipinski definition) is 13. The Morgan fingerprint density at radius 3 is 1.78 bits per heavy atom. The van der Waals surface area contributed by atoms with Crippen LogP contribution in [0.5, 0.6) is 0 Å². The van der Waals surface area contributed by atoms with Gasteiger partial charge in [0.15, 0.2) is 41.3 Å². The molecule has 3 saturated heterocycles. The highest BCUT2D eigenvalue weighted by Gasteiger charge is 2.49. The Balaban J connectivity index is 0.939. The van der Waals surface area contributed by atoms with Gasteiger partial charge in [0.1, 0.15) is 66.8 Å². The van der Waals surface area contributed by atoms with Gasteiger partial charge in [-0.2, -0.15) is 9.29 Å². The summed E-state index contributed by atoms with van der Waals surface area (Å²) in [5, 5.41) is 65.6. The normalized spacial score (nSPS) is 33.5. The fourth-order valence-corrected chi connectivity index (χ4v) is 8.69. The second kappa shape index (κ2) is 16.4. The van der Waals surface area contributed by atoms with Crippen molar-refractivity contribution in [1.82, 2.24) is 39.0 Å². The summed E-state index contributed by atoms with van der Waals surface area (Å²) in [4.78, 5) is 73.2. The van der Waals surface area contributed by atoms with Crippen molar-refractivity contribution in [2.75, 3.05) is 30.9 Å². The number of hydrogen-bond acceptors (Lipinski definition) is 24. The van der Waals surface area contributed by atoms with Crippen molar-refractivity contribution in [3.63, 3.8) is 0 Å². The molecular formula is C25H35N10O21P3. The summed E-state index contributed by atoms with van der Waals surface area (Å²) >= 11 is 0. The van der Waals surface area contributed by atoms with Crippen LogP contribution in [0.15, 0.2) is 23.8 Å². The lowest BCUT2D eigenvalue weighted by Gasteiger charge is -2.20. The highest BCUT2D eigenvalue weighted by molar-refractivity contribution is 7.61. The third-order valence-corrected chi connectivity index (χ3v) is 12.2. The molecule has 3 aliphatic heterocycles. The van der Waals surface area contributed by atoms with Gasteiger partial charge in [-0.1, -0.05) is 0 Å². The molecule has 3 aliphatic rings. The Kier molecular flexibility index (Phi) is 12.1. The van der Waals surface area contributed by atoms with E-state index < -0.39 is 128 Å². The van der Waals surface area contributed by atoms with Crippen molar-refractivity contribution in [2.24, 2.45) is 0 Å². The van der Waals surface area contributed by atoms with Crippen molar-refractivity contribution >= 4 is 57.6 Å². The molecule has 7 heterocycles. The van der Waals surface area contributed by atoms with Crippen molar-refractivity contribution in [2.45, 2.75) is 73.6 Å². The number of nitrogens with two attached hydrogens (primary N) is 1. The molecule has 0 aromatic carbocycles. The minimum Gasteiger partial charge on any atom is -0.387 e. The van der Waals surface area contributed by atoms with Crippen LogP contribution >= 0.6 is 23.5 Å². The van der Waals surface area contributed by atoms with Gasteiger partial charge in [0.25, 0.3) is 5.56 Å². The average Bonchev–Trinajstić information content (AvgIpc) is 3.95. The fourth-order valence-electron chi connectivity index (χ4n) is 6.25. The lowest BCUT2D eigenvalue weighted by atomic mass is 10.1. The Bertz CT molecular complexity index is 2380. The Morgan fingerprint density at radius 1 is 0.695 bits per heavy atom. The zero-order chi connectivity index (χ0) is 42.8. The van der Waals surface area contributed by atoms with E-state index in [1.165, 1.54) is 10.9 Å². The minimum atomic E-state index is -5.53. The van der Waals surface area contributed by atoms with E-state index >= 15 is 0 Å². The van der Waals surface area contributed by atoms with Gasteiger partial charge in [-0.25, -0.2) is 33.6 Å². The van der Waals surface area contributed by atoms with Gasteiger partial charge >= 0.3 is 23.5 Å². The van der Waals surface area contributed by atoms with Crippen LogP contribution in [-0.2, 0) is 45.8 Å². The molecular weight excluding hydrogens is 869 g/mol. The van der Waals surface area contributed by atoms with Crippen molar-refractivity contribution in [3.8, 4) is 0 Å². The van der Waals surface area contributed by atoms with Crippen LogP contribution in [0.25, 0.3) is 22.3 Å². The van der Waals surface area contributed by atoms with Gasteiger partial charge in [0.2, 0.25) is 5.95 Å². The molecule has 59 heavy (non-hydrogen) atoms. The second-order valence-electron chi connectivity index (χ2n) is 13.0. The molecule has 3 fully saturated rings. The Morgan fingerprint density at radius 2 is 1.20 bits per heavy atom. The summed E-state index contributed by atoms with van der Waals surface area (Å²) in [6.45, 7) is -2.85. The van der Waals surface area contributed by atoms with Crippen molar-refractivity contribution in [1.29, 1.82) is 0 Å². The molecule has 0 bridgehead atoms. The molecule has 326 valence electrons. The van der Waals surface area contributed by atoms with Gasteiger partial charge in [0.05, 0.1) is 32.5 Å². The number of fused-ring (bicyclic) bond motifs is 2. The number of nitrogens with zero attached hydrogens (tertiary/aromatic N) is 7. The molecule has 31 nitrogen and oxygen atoms in total. The molecule has 7 rings (SSSR count). The number of phosphoric ester groups is 3. The van der Waals surface area contributed by atoms with Crippen LogP contribution in [-0.4, -0.2) is 170 Å². The molecule has 0 amide bonds. The smallest absolute Gasteiger partial charge is 0.387 e. The third-order valence-electron chi connectivity index (χ3n) is 9.10. The van der Waals surface area contributed by atoms with E-state index in [1.54, 1.807) is 0 Å². The number of aromatic nitrogens is 8. The highest BCUT2D eigenvalue weighted by Crippen LogP contribution is 2.60. The monoisotopic (exact) mass is 904 g/mol. The number of aromatic amines is 1. The first-order valence-corrected chi connectivity index (χ1v) is 21.2. The third kappa shape index (κ3) is 9.10. The van der Waals surface area contributed by atoms with Crippen LogP contribution in [0, 0.1) is 0 Å². The molecule has 3 unspecified atom stereocenters. The summed E-state index contributed by atoms with van der Waals surface area (Å²) in [6.07, 6.45) is -16.2. The Hall–Kier alpha value is -3.49. The fraction of sp³-hybridized carbons (Fsp3) is 0.600. The minimum absolute atomic E-state index is 0.0159. The number of aliphatic hydroxyl groups is 6. The number of imidazole rings is 2. The van der Waals surface area contributed by atoms with Crippen LogP contribution < -0.4 is 16.6 Å². The molecule has 0 spiro atoms. The zero-order valence-electron chi connectivity index (χ0n) is 29.3. The first kappa shape index (κ1) is 43.6. The first-order chi connectivity index (χ1) is 27.6. The van der Waals surface area contributed by atoms with E-state index in [0.717, 1.165) is 17.2 Å². The Labute approximate surface area is 326 Å². The molecule has 14 N–H and O–H groups in total. The second-order valence-corrected chi connectivity index (χ2v) is 17.3. The van der Waals surface area contributed by atoms with Gasteiger partial charge in [-0.3, -0.25) is 32.5 Å². The summed E-state index contributed by atoms with van der Waals surface area (Å²) in [6, 6.07) is 0. The van der Waals surface area contributed by atoms with Crippen LogP contribution in [0.3, 0.4) is 0 Å². The summed E-state index contributed by atoms with van der Waals surface area (Å²) < 4.78 is 73.1. The van der Waals surface area contributed by atoms with Gasteiger partial charge in [0, 0.05) is 0 Å². The van der Waals surface area contributed by atoms with Crippen LogP contribution in [0.2, 0.25) is 0 Å². The summed E-state index contributed by atoms with van der Waals surface area (Å²) in [5.74, 6) is -0.416. The molecule has 0 aliphatic carbocycles. The largest absolute Gasteiger partial charge is 0.481 e. The molecule has 0 saturated carbocycles. The van der Waals surface area contributed by atoms with E-state index in [2.05, 4.69) is 44.1 Å². The number of aliphatic hydroxyl groups excluding tert-OH is 6. The van der Waals surface area contributed by atoms with E-state index in [0.29, 0.717) is 0 Å². The number of phosphoric acid groups is 3. The zero-order valence-corrected chi connectivity index (χ0v) is 32.0. The summed E-state index contributed by atoms with van der Waals surface area (Å²) in [5.41, 5.74) is 4.58. The maximum atomic E-state index is 12.8. The van der Waals surface area contributed by atoms with E-state index in [4.69, 9.17) is 38.8 Å². The van der Waals surface area contributed by atoms with E-state index in [1.807, 2.05) is 0 Å². The number of H-pyrrole nitrogens is 1. The number of anilines is 2. The SMILES string of the molecule is Nc1ncnc2c1ncn2[C@@H]1O[C@H](COP(=O)(O)OP(=O)(O)OC[C@H]2OC(Nc3nc4c(ncn4[C@@H]4O[C@H](COP(=O)(O)O)[C@@H](O)[C@H]4O)c(=O)[nH]3)[C@H](O)[C@@H]2O)[C@@H](O)[C@H]1O. The number of nitrogen functional groups attached to an aromatic ring is 1. The molecule has 0 radical (unpaired) electrons. The number of nitrogens with one attached hydrogen (secondary N) is 2. The van der Waals surface area contributed by atoms with Gasteiger partial charge in [-0.05, 0) is 0 Å². The molecule has 34 heteroatoms. The standard InChI is InChI=1S/C25H35N10O21P3/c26-18-10-19(28-4-27-18)34(5-29-10)23-16(40)14(38)9(55-23)3-52-59(48,49)56-58(46,47)51-2-7-12(36)15(39)22(53-7)33-25-31-20-11(21(42)32-25)30-6-35(20)24-17(41)13(37)8(54-24)1-50-57(43,44)45/h4-9,12-17,22-24,36-41H,1-3H2,(H,46,47)(H,48,49)(H2,26,27,28)(H2,43,44,45)(H2,31,32,33,42)/t7-,8-,9-,12-,13-,14-,15-,16-,17-,22?,23-,24-/m1/s1. The average molecular weight is 905 g/mol. The van der Waals surface area contributed by atoms with Crippen LogP contribution in [0.1, 0.15) is 12.5 Å².